The number of halogens is 1. The Balaban J connectivity index is 1.36. The number of ether oxygens (including phenoxy) is 1. The molecule has 1 atom stereocenters. The van der Waals surface area contributed by atoms with Crippen LogP contribution in [-0.4, -0.2) is 55.2 Å². The van der Waals surface area contributed by atoms with Gasteiger partial charge in [0.25, 0.3) is 0 Å². The molecule has 4 heteroatoms. The van der Waals surface area contributed by atoms with Crippen molar-refractivity contribution < 1.29 is 9.13 Å². The molecule has 1 aromatic carbocycles. The maximum Gasteiger partial charge on any atom is 0.123 e. The summed E-state index contributed by atoms with van der Waals surface area (Å²) in [5, 5.41) is 0. The minimum Gasteiger partial charge on any atom is -0.381 e. The van der Waals surface area contributed by atoms with Crippen LogP contribution in [-0.2, 0) is 11.3 Å². The highest BCUT2D eigenvalue weighted by Gasteiger charge is 2.43. The summed E-state index contributed by atoms with van der Waals surface area (Å²) < 4.78 is 18.6. The summed E-state index contributed by atoms with van der Waals surface area (Å²) in [6.45, 7) is 7.72. The van der Waals surface area contributed by atoms with Crippen molar-refractivity contribution in [3.05, 3.63) is 35.6 Å². The van der Waals surface area contributed by atoms with Gasteiger partial charge in [0.1, 0.15) is 5.82 Å². The van der Waals surface area contributed by atoms with E-state index in [4.69, 9.17) is 4.74 Å². The van der Waals surface area contributed by atoms with Gasteiger partial charge in [-0.1, -0.05) is 12.1 Å². The first-order chi connectivity index (χ1) is 11.7. The van der Waals surface area contributed by atoms with Crippen molar-refractivity contribution in [2.24, 2.45) is 5.41 Å². The molecule has 132 valence electrons. The maximum atomic E-state index is 13.1. The highest BCUT2D eigenvalue weighted by Crippen LogP contribution is 2.40. The number of benzene rings is 1. The Morgan fingerprint density at radius 1 is 1.04 bits per heavy atom. The van der Waals surface area contributed by atoms with Crippen LogP contribution in [0.1, 0.15) is 37.7 Å². The summed E-state index contributed by atoms with van der Waals surface area (Å²) in [5.41, 5.74) is 1.71. The monoisotopic (exact) mass is 332 g/mol. The van der Waals surface area contributed by atoms with Gasteiger partial charge in [-0.15, -0.1) is 0 Å². The Morgan fingerprint density at radius 3 is 2.62 bits per heavy atom. The summed E-state index contributed by atoms with van der Waals surface area (Å²) in [4.78, 5) is 5.33. The molecular weight excluding hydrogens is 303 g/mol. The highest BCUT2D eigenvalue weighted by atomic mass is 19.1. The zero-order chi connectivity index (χ0) is 16.4. The van der Waals surface area contributed by atoms with Gasteiger partial charge < -0.3 is 4.74 Å². The van der Waals surface area contributed by atoms with Crippen LogP contribution in [0.5, 0.6) is 0 Å². The zero-order valence-electron chi connectivity index (χ0n) is 14.6. The Kier molecular flexibility index (Phi) is 4.88. The van der Waals surface area contributed by atoms with Crippen LogP contribution < -0.4 is 0 Å². The first-order valence-electron chi connectivity index (χ1n) is 9.51. The van der Waals surface area contributed by atoms with E-state index in [1.165, 1.54) is 63.8 Å². The predicted octanol–water partition coefficient (Wildman–Crippen LogP) is 3.29. The van der Waals surface area contributed by atoms with Gasteiger partial charge >= 0.3 is 0 Å². The Bertz CT molecular complexity index is 543. The topological polar surface area (TPSA) is 15.7 Å². The molecule has 0 aliphatic carbocycles. The first kappa shape index (κ1) is 16.5. The van der Waals surface area contributed by atoms with E-state index in [-0.39, 0.29) is 5.82 Å². The van der Waals surface area contributed by atoms with E-state index in [0.29, 0.717) is 5.41 Å². The standard InChI is InChI=1S/C20H29FN2O/c21-18-4-2-17(3-5-18)14-22-10-1-8-20(15-22)9-11-23(16-20)19-6-12-24-13-7-19/h2-5,19H,1,6-16H2/t20-/m1/s1. The van der Waals surface area contributed by atoms with Gasteiger partial charge in [-0.25, -0.2) is 4.39 Å². The second-order valence-corrected chi connectivity index (χ2v) is 8.00. The third-order valence-corrected chi connectivity index (χ3v) is 6.23. The lowest BCUT2D eigenvalue weighted by Gasteiger charge is -2.41. The number of likely N-dealkylation sites (tertiary alicyclic amines) is 2. The van der Waals surface area contributed by atoms with Crippen LogP contribution in [0.2, 0.25) is 0 Å². The van der Waals surface area contributed by atoms with Gasteiger partial charge in [-0.2, -0.15) is 0 Å². The molecule has 4 rings (SSSR count). The fourth-order valence-electron chi connectivity index (χ4n) is 4.96. The van der Waals surface area contributed by atoms with E-state index in [2.05, 4.69) is 9.80 Å². The molecular formula is C20H29FN2O. The number of hydrogen-bond acceptors (Lipinski definition) is 3. The number of nitrogens with zero attached hydrogens (tertiary/aromatic N) is 2. The van der Waals surface area contributed by atoms with E-state index in [1.807, 2.05) is 12.1 Å². The molecule has 3 saturated heterocycles. The second kappa shape index (κ2) is 7.11. The van der Waals surface area contributed by atoms with Crippen LogP contribution in [0.25, 0.3) is 0 Å². The van der Waals surface area contributed by atoms with Crippen LogP contribution >= 0.6 is 0 Å². The third kappa shape index (κ3) is 3.66. The molecule has 3 aliphatic rings. The molecule has 24 heavy (non-hydrogen) atoms. The fourth-order valence-corrected chi connectivity index (χ4v) is 4.96. The summed E-state index contributed by atoms with van der Waals surface area (Å²) in [5.74, 6) is -0.142. The van der Waals surface area contributed by atoms with Gasteiger partial charge in [-0.3, -0.25) is 9.80 Å². The summed E-state index contributed by atoms with van der Waals surface area (Å²) >= 11 is 0. The van der Waals surface area contributed by atoms with Crippen LogP contribution in [0.15, 0.2) is 24.3 Å². The molecule has 3 fully saturated rings. The molecule has 0 radical (unpaired) electrons. The van der Waals surface area contributed by atoms with E-state index in [9.17, 15) is 4.39 Å². The molecule has 3 heterocycles. The maximum absolute atomic E-state index is 13.1. The third-order valence-electron chi connectivity index (χ3n) is 6.23. The van der Waals surface area contributed by atoms with E-state index in [1.54, 1.807) is 12.1 Å². The van der Waals surface area contributed by atoms with Gasteiger partial charge in [0.05, 0.1) is 0 Å². The smallest absolute Gasteiger partial charge is 0.123 e. The van der Waals surface area contributed by atoms with E-state index < -0.39 is 0 Å². The number of hydrogen-bond donors (Lipinski definition) is 0. The quantitative estimate of drug-likeness (QED) is 0.845. The molecule has 1 spiro atoms. The van der Waals surface area contributed by atoms with Crippen molar-refractivity contribution in [1.29, 1.82) is 0 Å². The summed E-state index contributed by atoms with van der Waals surface area (Å²) in [7, 11) is 0. The average Bonchev–Trinajstić information content (AvgIpc) is 3.01. The lowest BCUT2D eigenvalue weighted by molar-refractivity contribution is 0.0302. The number of rotatable bonds is 3. The Morgan fingerprint density at radius 2 is 1.83 bits per heavy atom. The summed E-state index contributed by atoms with van der Waals surface area (Å²) in [6.07, 6.45) is 6.41. The van der Waals surface area contributed by atoms with Crippen molar-refractivity contribution in [3.8, 4) is 0 Å². The molecule has 0 N–H and O–H groups in total. The van der Waals surface area contributed by atoms with Crippen LogP contribution in [0, 0.1) is 11.2 Å². The highest BCUT2D eigenvalue weighted by molar-refractivity contribution is 5.16. The van der Waals surface area contributed by atoms with Gasteiger partial charge in [0.15, 0.2) is 0 Å². The van der Waals surface area contributed by atoms with Crippen LogP contribution in [0.3, 0.4) is 0 Å². The zero-order valence-corrected chi connectivity index (χ0v) is 14.6. The molecule has 1 aromatic rings. The van der Waals surface area contributed by atoms with Crippen molar-refractivity contribution in [2.75, 3.05) is 39.4 Å². The van der Waals surface area contributed by atoms with Gasteiger partial charge in [-0.05, 0) is 68.3 Å². The first-order valence-corrected chi connectivity index (χ1v) is 9.51. The van der Waals surface area contributed by atoms with Crippen molar-refractivity contribution in [1.82, 2.24) is 9.80 Å². The largest absolute Gasteiger partial charge is 0.381 e. The minimum atomic E-state index is -0.142. The van der Waals surface area contributed by atoms with Crippen molar-refractivity contribution in [3.63, 3.8) is 0 Å². The van der Waals surface area contributed by atoms with Crippen molar-refractivity contribution >= 4 is 0 Å². The normalized spacial score (nSPS) is 30.2. The predicted molar refractivity (Wildman–Crippen MR) is 93.4 cm³/mol. The van der Waals surface area contributed by atoms with Gasteiger partial charge in [0.2, 0.25) is 0 Å². The molecule has 0 bridgehead atoms. The van der Waals surface area contributed by atoms with Crippen LogP contribution in [0.4, 0.5) is 4.39 Å². The molecule has 0 aromatic heterocycles. The summed E-state index contributed by atoms with van der Waals surface area (Å²) in [6, 6.07) is 7.76. The van der Waals surface area contributed by atoms with Crippen molar-refractivity contribution in [2.45, 2.75) is 44.7 Å². The molecule has 3 nitrogen and oxygen atoms in total. The second-order valence-electron chi connectivity index (χ2n) is 8.00. The van der Waals surface area contributed by atoms with E-state index >= 15 is 0 Å². The Hall–Kier alpha value is -0.970. The molecule has 0 saturated carbocycles. The Labute approximate surface area is 144 Å². The lowest BCUT2D eigenvalue weighted by atomic mass is 9.79. The average molecular weight is 332 g/mol. The number of piperidine rings is 1. The SMILES string of the molecule is Fc1ccc(CN2CCC[C@@]3(CCN(C4CCOCC4)C3)C2)cc1. The minimum absolute atomic E-state index is 0.142. The lowest BCUT2D eigenvalue weighted by Crippen LogP contribution is -2.46. The fraction of sp³-hybridized carbons (Fsp3) is 0.700. The van der Waals surface area contributed by atoms with E-state index in [0.717, 1.165) is 25.8 Å². The molecule has 3 aliphatic heterocycles. The van der Waals surface area contributed by atoms with Gasteiger partial charge in [0, 0.05) is 38.9 Å². The molecule has 0 unspecified atom stereocenters. The molecule has 0 amide bonds.